The Balaban J connectivity index is 1.96. The molecule has 114 valence electrons. The molecule has 1 aromatic heterocycles. The summed E-state index contributed by atoms with van der Waals surface area (Å²) in [7, 11) is 2.06. The maximum atomic E-state index is 5.87. The Morgan fingerprint density at radius 3 is 2.90 bits per heavy atom. The van der Waals surface area contributed by atoms with E-state index in [2.05, 4.69) is 42.1 Å². The van der Waals surface area contributed by atoms with Crippen molar-refractivity contribution in [3.05, 3.63) is 17.5 Å². The molecule has 20 heavy (non-hydrogen) atoms. The SMILES string of the molecule is CCc1cc(CC(CC2CCCCO2)NC)n(CC)n1. The van der Waals surface area contributed by atoms with Crippen LogP contribution in [0.3, 0.4) is 0 Å². The summed E-state index contributed by atoms with van der Waals surface area (Å²) >= 11 is 0. The molecule has 2 rings (SSSR count). The zero-order valence-electron chi connectivity index (χ0n) is 13.2. The van der Waals surface area contributed by atoms with Gasteiger partial charge in [-0.25, -0.2) is 0 Å². The van der Waals surface area contributed by atoms with Gasteiger partial charge in [-0.15, -0.1) is 0 Å². The quantitative estimate of drug-likeness (QED) is 0.833. The number of aryl methyl sites for hydroxylation is 2. The first-order valence-corrected chi connectivity index (χ1v) is 8.11. The van der Waals surface area contributed by atoms with Crippen LogP contribution in [0.15, 0.2) is 6.07 Å². The van der Waals surface area contributed by atoms with Gasteiger partial charge in [0.2, 0.25) is 0 Å². The van der Waals surface area contributed by atoms with Crippen LogP contribution in [0.4, 0.5) is 0 Å². The van der Waals surface area contributed by atoms with Gasteiger partial charge >= 0.3 is 0 Å². The van der Waals surface area contributed by atoms with E-state index in [1.165, 1.54) is 30.7 Å². The Morgan fingerprint density at radius 1 is 1.45 bits per heavy atom. The van der Waals surface area contributed by atoms with Gasteiger partial charge in [-0.2, -0.15) is 5.10 Å². The molecule has 1 fully saturated rings. The van der Waals surface area contributed by atoms with E-state index >= 15 is 0 Å². The van der Waals surface area contributed by atoms with Gasteiger partial charge in [-0.05, 0) is 52.1 Å². The summed E-state index contributed by atoms with van der Waals surface area (Å²) < 4.78 is 8.01. The number of nitrogens with zero attached hydrogens (tertiary/aromatic N) is 2. The predicted molar refractivity (Wildman–Crippen MR) is 82.0 cm³/mol. The van der Waals surface area contributed by atoms with Gasteiger partial charge < -0.3 is 10.1 Å². The number of nitrogens with one attached hydrogen (secondary N) is 1. The molecule has 1 aromatic rings. The molecule has 0 bridgehead atoms. The van der Waals surface area contributed by atoms with Gasteiger partial charge in [-0.3, -0.25) is 4.68 Å². The minimum atomic E-state index is 0.435. The van der Waals surface area contributed by atoms with E-state index in [9.17, 15) is 0 Å². The molecule has 4 heteroatoms. The topological polar surface area (TPSA) is 39.1 Å². The summed E-state index contributed by atoms with van der Waals surface area (Å²) in [5.74, 6) is 0. The number of hydrogen-bond donors (Lipinski definition) is 1. The Kier molecular flexibility index (Phi) is 6.05. The van der Waals surface area contributed by atoms with Crippen molar-refractivity contribution in [1.82, 2.24) is 15.1 Å². The van der Waals surface area contributed by atoms with E-state index in [4.69, 9.17) is 4.74 Å². The third-order valence-electron chi connectivity index (χ3n) is 4.26. The molecule has 2 heterocycles. The minimum absolute atomic E-state index is 0.435. The molecule has 2 atom stereocenters. The van der Waals surface area contributed by atoms with Crippen molar-refractivity contribution in [3.63, 3.8) is 0 Å². The fourth-order valence-corrected chi connectivity index (χ4v) is 2.99. The molecule has 1 N–H and O–H groups in total. The zero-order chi connectivity index (χ0) is 14.4. The number of aromatic nitrogens is 2. The van der Waals surface area contributed by atoms with E-state index in [1.807, 2.05) is 0 Å². The molecular formula is C16H29N3O. The molecule has 0 aliphatic carbocycles. The fraction of sp³-hybridized carbons (Fsp3) is 0.812. The van der Waals surface area contributed by atoms with Gasteiger partial charge in [-0.1, -0.05) is 6.92 Å². The van der Waals surface area contributed by atoms with Crippen molar-refractivity contribution in [2.24, 2.45) is 0 Å². The first-order chi connectivity index (χ1) is 9.76. The maximum absolute atomic E-state index is 5.87. The van der Waals surface area contributed by atoms with Crippen LogP contribution in [0.2, 0.25) is 0 Å². The second-order valence-electron chi connectivity index (χ2n) is 5.71. The third-order valence-corrected chi connectivity index (χ3v) is 4.26. The monoisotopic (exact) mass is 279 g/mol. The van der Waals surface area contributed by atoms with Gasteiger partial charge in [0.05, 0.1) is 11.8 Å². The normalized spacial score (nSPS) is 21.1. The fourth-order valence-electron chi connectivity index (χ4n) is 2.99. The molecule has 1 aliphatic heterocycles. The van der Waals surface area contributed by atoms with Crippen LogP contribution in [-0.2, 0) is 24.1 Å². The summed E-state index contributed by atoms with van der Waals surface area (Å²) in [5, 5.41) is 8.09. The van der Waals surface area contributed by atoms with Gasteiger partial charge in [0, 0.05) is 31.3 Å². The molecule has 0 saturated carbocycles. The van der Waals surface area contributed by atoms with E-state index in [0.717, 1.165) is 32.4 Å². The molecule has 0 aromatic carbocycles. The van der Waals surface area contributed by atoms with Gasteiger partial charge in [0.15, 0.2) is 0 Å². The van der Waals surface area contributed by atoms with Gasteiger partial charge in [0.25, 0.3) is 0 Å². The van der Waals surface area contributed by atoms with Crippen LogP contribution < -0.4 is 5.32 Å². The summed E-state index contributed by atoms with van der Waals surface area (Å²) in [6.45, 7) is 6.21. The van der Waals surface area contributed by atoms with Gasteiger partial charge in [0.1, 0.15) is 0 Å². The minimum Gasteiger partial charge on any atom is -0.378 e. The summed E-state index contributed by atoms with van der Waals surface area (Å²) in [5.41, 5.74) is 2.55. The third kappa shape index (κ3) is 4.06. The largest absolute Gasteiger partial charge is 0.378 e. The van der Waals surface area contributed by atoms with Crippen LogP contribution in [0.1, 0.15) is 50.9 Å². The van der Waals surface area contributed by atoms with Crippen molar-refractivity contribution in [1.29, 1.82) is 0 Å². The molecule has 0 radical (unpaired) electrons. The van der Waals surface area contributed by atoms with Crippen LogP contribution >= 0.6 is 0 Å². The second kappa shape index (κ2) is 7.79. The Hall–Kier alpha value is -0.870. The average Bonchev–Trinajstić information content (AvgIpc) is 2.89. The van der Waals surface area contributed by atoms with Crippen molar-refractivity contribution in [2.45, 2.75) is 71.1 Å². The molecule has 1 aliphatic rings. The lowest BCUT2D eigenvalue weighted by Gasteiger charge is -2.27. The van der Waals surface area contributed by atoms with E-state index in [-0.39, 0.29) is 0 Å². The highest BCUT2D eigenvalue weighted by Crippen LogP contribution is 2.19. The highest BCUT2D eigenvalue weighted by atomic mass is 16.5. The van der Waals surface area contributed by atoms with Crippen LogP contribution in [0.25, 0.3) is 0 Å². The van der Waals surface area contributed by atoms with E-state index < -0.39 is 0 Å². The molecule has 1 saturated heterocycles. The Bertz CT molecular complexity index is 396. The molecule has 4 nitrogen and oxygen atoms in total. The number of ether oxygens (including phenoxy) is 1. The zero-order valence-corrected chi connectivity index (χ0v) is 13.2. The number of hydrogen-bond acceptors (Lipinski definition) is 3. The standard InChI is InChI=1S/C16H29N3O/c1-4-13-10-15(19(5-2)18-13)11-14(17-3)12-16-8-6-7-9-20-16/h10,14,16-17H,4-9,11-12H2,1-3H3. The van der Waals surface area contributed by atoms with Crippen molar-refractivity contribution in [2.75, 3.05) is 13.7 Å². The van der Waals surface area contributed by atoms with Crippen LogP contribution in [0, 0.1) is 0 Å². The predicted octanol–water partition coefficient (Wildman–Crippen LogP) is 2.56. The smallest absolute Gasteiger partial charge is 0.0624 e. The molecule has 0 amide bonds. The summed E-state index contributed by atoms with van der Waals surface area (Å²) in [4.78, 5) is 0. The van der Waals surface area contributed by atoms with Crippen molar-refractivity contribution in [3.8, 4) is 0 Å². The first-order valence-electron chi connectivity index (χ1n) is 8.11. The summed E-state index contributed by atoms with van der Waals surface area (Å²) in [6, 6.07) is 2.74. The highest BCUT2D eigenvalue weighted by molar-refractivity contribution is 5.12. The highest BCUT2D eigenvalue weighted by Gasteiger charge is 2.20. The Labute approximate surface area is 122 Å². The second-order valence-corrected chi connectivity index (χ2v) is 5.71. The average molecular weight is 279 g/mol. The van der Waals surface area contributed by atoms with Crippen molar-refractivity contribution < 1.29 is 4.74 Å². The van der Waals surface area contributed by atoms with Crippen LogP contribution in [-0.4, -0.2) is 35.6 Å². The van der Waals surface area contributed by atoms with Crippen LogP contribution in [0.5, 0.6) is 0 Å². The molecular weight excluding hydrogens is 250 g/mol. The van der Waals surface area contributed by atoms with E-state index in [0.29, 0.717) is 12.1 Å². The number of likely N-dealkylation sites (N-methyl/N-ethyl adjacent to an activating group) is 1. The lowest BCUT2D eigenvalue weighted by molar-refractivity contribution is 0.00558. The number of rotatable bonds is 7. The van der Waals surface area contributed by atoms with Crippen molar-refractivity contribution >= 4 is 0 Å². The van der Waals surface area contributed by atoms with E-state index in [1.54, 1.807) is 0 Å². The Morgan fingerprint density at radius 2 is 2.30 bits per heavy atom. The molecule has 0 spiro atoms. The lowest BCUT2D eigenvalue weighted by Crippen LogP contribution is -2.34. The first kappa shape index (κ1) is 15.5. The summed E-state index contributed by atoms with van der Waals surface area (Å²) in [6.07, 6.45) is 7.34. The lowest BCUT2D eigenvalue weighted by atomic mass is 9.99. The molecule has 2 unspecified atom stereocenters. The maximum Gasteiger partial charge on any atom is 0.0624 e.